The van der Waals surface area contributed by atoms with E-state index >= 15 is 0 Å². The normalized spacial score (nSPS) is 11.4. The predicted molar refractivity (Wildman–Crippen MR) is 112 cm³/mol. The van der Waals surface area contributed by atoms with Crippen LogP contribution < -0.4 is 18.5 Å². The van der Waals surface area contributed by atoms with Crippen molar-refractivity contribution >= 4 is 27.3 Å². The molecule has 0 radical (unpaired) electrons. The van der Waals surface area contributed by atoms with E-state index in [1.54, 1.807) is 24.3 Å². The maximum Gasteiger partial charge on any atom is 0.264 e. The van der Waals surface area contributed by atoms with E-state index in [4.69, 9.17) is 25.8 Å². The van der Waals surface area contributed by atoms with Crippen LogP contribution in [0.15, 0.2) is 41.3 Å². The lowest BCUT2D eigenvalue weighted by atomic mass is 10.2. The molecule has 0 aliphatic rings. The molecule has 6 nitrogen and oxygen atoms in total. The molecule has 0 atom stereocenters. The number of ether oxygens (including phenoxy) is 3. The Morgan fingerprint density at radius 2 is 1.64 bits per heavy atom. The summed E-state index contributed by atoms with van der Waals surface area (Å²) in [5.74, 6) is 1.40. The summed E-state index contributed by atoms with van der Waals surface area (Å²) in [4.78, 5) is 0.160. The van der Waals surface area contributed by atoms with Crippen molar-refractivity contribution in [2.24, 2.45) is 5.92 Å². The summed E-state index contributed by atoms with van der Waals surface area (Å²) in [6.07, 6.45) is 0. The smallest absolute Gasteiger partial charge is 0.264 e. The van der Waals surface area contributed by atoms with Gasteiger partial charge in [0.2, 0.25) is 0 Å². The minimum Gasteiger partial charge on any atom is -0.495 e. The average molecular weight is 428 g/mol. The number of methoxy groups -OCH3 is 2. The van der Waals surface area contributed by atoms with Gasteiger partial charge in [-0.05, 0) is 37.1 Å². The number of sulfonamides is 1. The van der Waals surface area contributed by atoms with Crippen LogP contribution in [0, 0.1) is 5.92 Å². The Morgan fingerprint density at radius 1 is 1.04 bits per heavy atom. The third-order valence-corrected chi connectivity index (χ3v) is 6.06. The van der Waals surface area contributed by atoms with Crippen molar-refractivity contribution < 1.29 is 22.6 Å². The average Bonchev–Trinajstić information content (AvgIpc) is 2.66. The van der Waals surface area contributed by atoms with Gasteiger partial charge in [-0.25, -0.2) is 8.42 Å². The monoisotopic (exact) mass is 427 g/mol. The van der Waals surface area contributed by atoms with Gasteiger partial charge in [-0.3, -0.25) is 4.31 Å². The standard InChI is InChI=1S/C20H26ClNO5S/c1-6-27-15-7-9-16(10-8-15)28(23,24)22(13-14(2)3)18-12-19(25-4)17(21)11-20(18)26-5/h7-12,14H,6,13H2,1-5H3. The van der Waals surface area contributed by atoms with Gasteiger partial charge in [0.25, 0.3) is 10.0 Å². The Kier molecular flexibility index (Phi) is 7.43. The van der Waals surface area contributed by atoms with Gasteiger partial charge < -0.3 is 14.2 Å². The first-order valence-electron chi connectivity index (χ1n) is 8.91. The number of anilines is 1. The number of nitrogens with zero attached hydrogens (tertiary/aromatic N) is 1. The van der Waals surface area contributed by atoms with E-state index < -0.39 is 10.0 Å². The topological polar surface area (TPSA) is 65.1 Å². The Labute approximate surface area is 172 Å². The molecule has 0 saturated carbocycles. The van der Waals surface area contributed by atoms with E-state index in [9.17, 15) is 8.42 Å². The van der Waals surface area contributed by atoms with Crippen LogP contribution in [0.1, 0.15) is 20.8 Å². The second-order valence-corrected chi connectivity index (χ2v) is 8.76. The summed E-state index contributed by atoms with van der Waals surface area (Å²) in [6.45, 7) is 6.53. The van der Waals surface area contributed by atoms with Gasteiger partial charge in [0.15, 0.2) is 0 Å². The second-order valence-electron chi connectivity index (χ2n) is 6.49. The van der Waals surface area contributed by atoms with E-state index in [2.05, 4.69) is 0 Å². The molecule has 154 valence electrons. The number of benzene rings is 2. The van der Waals surface area contributed by atoms with Gasteiger partial charge in [-0.2, -0.15) is 0 Å². The number of hydrogen-bond donors (Lipinski definition) is 0. The van der Waals surface area contributed by atoms with E-state index in [1.165, 1.54) is 30.7 Å². The highest BCUT2D eigenvalue weighted by Gasteiger charge is 2.29. The summed E-state index contributed by atoms with van der Waals surface area (Å²) < 4.78 is 44.3. The van der Waals surface area contributed by atoms with Gasteiger partial charge in [0.1, 0.15) is 17.2 Å². The van der Waals surface area contributed by atoms with Crippen LogP contribution in [0.25, 0.3) is 0 Å². The molecule has 0 fully saturated rings. The lowest BCUT2D eigenvalue weighted by molar-refractivity contribution is 0.340. The Bertz CT molecular complexity index is 898. The highest BCUT2D eigenvalue weighted by atomic mass is 35.5. The molecule has 2 rings (SSSR count). The summed E-state index contributed by atoms with van der Waals surface area (Å²) in [5.41, 5.74) is 0.367. The van der Waals surface area contributed by atoms with Crippen LogP contribution in [0.5, 0.6) is 17.2 Å². The first-order chi connectivity index (χ1) is 13.2. The maximum atomic E-state index is 13.4. The maximum absolute atomic E-state index is 13.4. The molecular formula is C20H26ClNO5S. The van der Waals surface area contributed by atoms with Crippen LogP contribution in [-0.4, -0.2) is 35.8 Å². The number of rotatable bonds is 9. The third-order valence-electron chi connectivity index (χ3n) is 3.98. The lowest BCUT2D eigenvalue weighted by Crippen LogP contribution is -2.34. The van der Waals surface area contributed by atoms with Crippen molar-refractivity contribution in [2.75, 3.05) is 31.7 Å². The van der Waals surface area contributed by atoms with Crippen molar-refractivity contribution in [3.63, 3.8) is 0 Å². The lowest BCUT2D eigenvalue weighted by Gasteiger charge is -2.28. The minimum atomic E-state index is -3.85. The molecule has 0 aliphatic carbocycles. The van der Waals surface area contributed by atoms with Gasteiger partial charge in [-0.15, -0.1) is 0 Å². The predicted octanol–water partition coefficient (Wildman–Crippen LogP) is 4.61. The highest BCUT2D eigenvalue weighted by Crippen LogP contribution is 2.40. The van der Waals surface area contributed by atoms with Crippen LogP contribution in [0.2, 0.25) is 5.02 Å². The van der Waals surface area contributed by atoms with E-state index in [-0.39, 0.29) is 17.4 Å². The van der Waals surface area contributed by atoms with Crippen molar-refractivity contribution in [3.05, 3.63) is 41.4 Å². The van der Waals surface area contributed by atoms with Crippen LogP contribution in [0.4, 0.5) is 5.69 Å². The van der Waals surface area contributed by atoms with Crippen LogP contribution >= 0.6 is 11.6 Å². The Balaban J connectivity index is 2.60. The molecule has 2 aromatic rings. The van der Waals surface area contributed by atoms with Gasteiger partial charge in [0, 0.05) is 18.7 Å². The molecule has 2 aromatic carbocycles. The van der Waals surface area contributed by atoms with Crippen molar-refractivity contribution in [1.29, 1.82) is 0 Å². The minimum absolute atomic E-state index is 0.0730. The quantitative estimate of drug-likeness (QED) is 0.584. The Hall–Kier alpha value is -2.12. The molecule has 0 N–H and O–H groups in total. The SMILES string of the molecule is CCOc1ccc(S(=O)(=O)N(CC(C)C)c2cc(OC)c(Cl)cc2OC)cc1. The molecule has 0 unspecified atom stereocenters. The molecule has 28 heavy (non-hydrogen) atoms. The van der Waals surface area contributed by atoms with Crippen molar-refractivity contribution in [2.45, 2.75) is 25.7 Å². The van der Waals surface area contributed by atoms with Crippen LogP contribution in [-0.2, 0) is 10.0 Å². The summed E-state index contributed by atoms with van der Waals surface area (Å²) in [6, 6.07) is 9.49. The fourth-order valence-electron chi connectivity index (χ4n) is 2.70. The molecule has 0 amide bonds. The largest absolute Gasteiger partial charge is 0.495 e. The van der Waals surface area contributed by atoms with E-state index in [0.29, 0.717) is 34.6 Å². The fourth-order valence-corrected chi connectivity index (χ4v) is 4.56. The molecule has 0 saturated heterocycles. The summed E-state index contributed by atoms with van der Waals surface area (Å²) >= 11 is 6.18. The second kappa shape index (κ2) is 9.39. The summed E-state index contributed by atoms with van der Waals surface area (Å²) in [5, 5.41) is 0.339. The molecule has 0 bridgehead atoms. The summed E-state index contributed by atoms with van der Waals surface area (Å²) in [7, 11) is -0.904. The molecule has 0 spiro atoms. The van der Waals surface area contributed by atoms with Crippen LogP contribution in [0.3, 0.4) is 0 Å². The van der Waals surface area contributed by atoms with Crippen molar-refractivity contribution in [1.82, 2.24) is 0 Å². The zero-order valence-electron chi connectivity index (χ0n) is 16.7. The third kappa shape index (κ3) is 4.83. The fraction of sp³-hybridized carbons (Fsp3) is 0.400. The molecule has 8 heteroatoms. The first kappa shape index (κ1) is 22.2. The van der Waals surface area contributed by atoms with Gasteiger partial charge in [0.05, 0.1) is 36.4 Å². The van der Waals surface area contributed by atoms with Crippen molar-refractivity contribution in [3.8, 4) is 17.2 Å². The molecule has 0 aliphatic heterocycles. The Morgan fingerprint density at radius 3 is 2.14 bits per heavy atom. The zero-order valence-corrected chi connectivity index (χ0v) is 18.3. The number of hydrogen-bond acceptors (Lipinski definition) is 5. The first-order valence-corrected chi connectivity index (χ1v) is 10.7. The zero-order chi connectivity index (χ0) is 20.9. The molecular weight excluding hydrogens is 402 g/mol. The number of halogens is 1. The molecule has 0 aromatic heterocycles. The van der Waals surface area contributed by atoms with Gasteiger partial charge in [-0.1, -0.05) is 25.4 Å². The van der Waals surface area contributed by atoms with E-state index in [1.807, 2.05) is 20.8 Å². The van der Waals surface area contributed by atoms with E-state index in [0.717, 1.165) is 0 Å². The molecule has 0 heterocycles. The van der Waals surface area contributed by atoms with Gasteiger partial charge >= 0.3 is 0 Å². The highest BCUT2D eigenvalue weighted by molar-refractivity contribution is 7.92.